The first-order valence-electron chi connectivity index (χ1n) is 7.44. The number of amides is 1. The number of carbonyl (C=O) groups is 1. The summed E-state index contributed by atoms with van der Waals surface area (Å²) in [5, 5.41) is 3.00. The predicted molar refractivity (Wildman–Crippen MR) is 80.8 cm³/mol. The molecule has 0 aliphatic heterocycles. The van der Waals surface area contributed by atoms with Crippen molar-refractivity contribution in [2.24, 2.45) is 11.1 Å². The number of carbonyl (C=O) groups excluding carboxylic acids is 1. The van der Waals surface area contributed by atoms with Gasteiger partial charge in [-0.15, -0.1) is 0 Å². The van der Waals surface area contributed by atoms with E-state index in [1.54, 1.807) is 0 Å². The molecule has 1 aromatic rings. The Balaban J connectivity index is 2.02. The molecule has 4 heteroatoms. The smallest absolute Gasteiger partial charge is 0.231 e. The van der Waals surface area contributed by atoms with E-state index in [0.29, 0.717) is 13.2 Å². The van der Waals surface area contributed by atoms with Crippen molar-refractivity contribution in [1.82, 2.24) is 0 Å². The topological polar surface area (TPSA) is 64.3 Å². The van der Waals surface area contributed by atoms with Crippen LogP contribution in [0.2, 0.25) is 0 Å². The van der Waals surface area contributed by atoms with E-state index >= 15 is 0 Å². The summed E-state index contributed by atoms with van der Waals surface area (Å²) in [7, 11) is 0. The van der Waals surface area contributed by atoms with Gasteiger partial charge in [0.2, 0.25) is 5.91 Å². The first-order valence-corrected chi connectivity index (χ1v) is 7.44. The Bertz CT molecular complexity index is 436. The largest absolute Gasteiger partial charge is 0.494 e. The molecule has 1 aliphatic carbocycles. The fourth-order valence-corrected chi connectivity index (χ4v) is 2.82. The Hall–Kier alpha value is -1.55. The van der Waals surface area contributed by atoms with E-state index < -0.39 is 0 Å². The zero-order valence-corrected chi connectivity index (χ0v) is 12.2. The third-order valence-corrected chi connectivity index (χ3v) is 4.11. The lowest BCUT2D eigenvalue weighted by Gasteiger charge is -2.34. The molecular weight excluding hydrogens is 252 g/mol. The minimum Gasteiger partial charge on any atom is -0.494 e. The first-order chi connectivity index (χ1) is 9.70. The highest BCUT2D eigenvalue weighted by Crippen LogP contribution is 2.36. The quantitative estimate of drug-likeness (QED) is 0.869. The van der Waals surface area contributed by atoms with Gasteiger partial charge in [0.25, 0.3) is 0 Å². The molecule has 4 nitrogen and oxygen atoms in total. The fraction of sp³-hybridized carbons (Fsp3) is 0.562. The lowest BCUT2D eigenvalue weighted by Crippen LogP contribution is -2.43. The van der Waals surface area contributed by atoms with Crippen molar-refractivity contribution in [3.05, 3.63) is 24.3 Å². The zero-order valence-electron chi connectivity index (χ0n) is 12.2. The van der Waals surface area contributed by atoms with Crippen LogP contribution in [0.1, 0.15) is 39.0 Å². The van der Waals surface area contributed by atoms with Crippen molar-refractivity contribution < 1.29 is 9.53 Å². The van der Waals surface area contributed by atoms with Gasteiger partial charge in [-0.1, -0.05) is 19.3 Å². The summed E-state index contributed by atoms with van der Waals surface area (Å²) in [6.45, 7) is 3.02. The second-order valence-electron chi connectivity index (χ2n) is 5.46. The molecule has 1 fully saturated rings. The van der Waals surface area contributed by atoms with Crippen LogP contribution in [-0.4, -0.2) is 19.1 Å². The van der Waals surface area contributed by atoms with Gasteiger partial charge in [-0.2, -0.15) is 0 Å². The zero-order chi connectivity index (χ0) is 14.4. The van der Waals surface area contributed by atoms with E-state index in [1.807, 2.05) is 31.2 Å². The van der Waals surface area contributed by atoms with Crippen LogP contribution in [0.3, 0.4) is 0 Å². The SMILES string of the molecule is CCOc1ccc(NC(=O)C2(CN)CCCCC2)cc1. The summed E-state index contributed by atoms with van der Waals surface area (Å²) >= 11 is 0. The van der Waals surface area contributed by atoms with Gasteiger partial charge in [0, 0.05) is 12.2 Å². The van der Waals surface area contributed by atoms with E-state index in [2.05, 4.69) is 5.32 Å². The molecule has 2 rings (SSSR count). The molecule has 1 amide bonds. The van der Waals surface area contributed by atoms with Gasteiger partial charge in [0.15, 0.2) is 0 Å². The van der Waals surface area contributed by atoms with Crippen LogP contribution in [0.15, 0.2) is 24.3 Å². The van der Waals surface area contributed by atoms with Gasteiger partial charge in [-0.05, 0) is 44.0 Å². The Labute approximate surface area is 120 Å². The summed E-state index contributed by atoms with van der Waals surface area (Å²) in [6, 6.07) is 7.48. The number of anilines is 1. The van der Waals surface area contributed by atoms with Gasteiger partial charge < -0.3 is 15.8 Å². The van der Waals surface area contributed by atoms with Crippen molar-refractivity contribution in [3.63, 3.8) is 0 Å². The van der Waals surface area contributed by atoms with Crippen LogP contribution >= 0.6 is 0 Å². The van der Waals surface area contributed by atoms with Crippen molar-refractivity contribution in [2.45, 2.75) is 39.0 Å². The Morgan fingerprint density at radius 3 is 2.45 bits per heavy atom. The summed E-state index contributed by atoms with van der Waals surface area (Å²) in [6.07, 6.45) is 5.18. The second kappa shape index (κ2) is 6.75. The van der Waals surface area contributed by atoms with Crippen molar-refractivity contribution in [1.29, 1.82) is 0 Å². The van der Waals surface area contributed by atoms with E-state index in [4.69, 9.17) is 10.5 Å². The summed E-state index contributed by atoms with van der Waals surface area (Å²) in [5.41, 5.74) is 6.30. The fourth-order valence-electron chi connectivity index (χ4n) is 2.82. The maximum absolute atomic E-state index is 12.5. The third-order valence-electron chi connectivity index (χ3n) is 4.11. The lowest BCUT2D eigenvalue weighted by molar-refractivity contribution is -0.126. The van der Waals surface area contributed by atoms with Crippen molar-refractivity contribution in [3.8, 4) is 5.75 Å². The summed E-state index contributed by atoms with van der Waals surface area (Å²) < 4.78 is 5.39. The Kier molecular flexibility index (Phi) is 5.01. The van der Waals surface area contributed by atoms with Gasteiger partial charge in [0.1, 0.15) is 5.75 Å². The molecular formula is C16H24N2O2. The molecule has 0 aromatic heterocycles. The maximum Gasteiger partial charge on any atom is 0.231 e. The molecule has 0 atom stereocenters. The molecule has 0 spiro atoms. The molecule has 1 aliphatic rings. The highest BCUT2D eigenvalue weighted by Gasteiger charge is 2.38. The monoisotopic (exact) mass is 276 g/mol. The normalized spacial score (nSPS) is 17.5. The van der Waals surface area contributed by atoms with Crippen LogP contribution in [-0.2, 0) is 4.79 Å². The molecule has 3 N–H and O–H groups in total. The van der Waals surface area contributed by atoms with Gasteiger partial charge in [-0.25, -0.2) is 0 Å². The third kappa shape index (κ3) is 3.31. The number of hydrogen-bond acceptors (Lipinski definition) is 3. The molecule has 110 valence electrons. The summed E-state index contributed by atoms with van der Waals surface area (Å²) in [4.78, 5) is 12.5. The first kappa shape index (κ1) is 14.9. The highest BCUT2D eigenvalue weighted by molar-refractivity contribution is 5.95. The Morgan fingerprint density at radius 2 is 1.90 bits per heavy atom. The predicted octanol–water partition coefficient (Wildman–Crippen LogP) is 2.93. The highest BCUT2D eigenvalue weighted by atomic mass is 16.5. The molecule has 0 bridgehead atoms. The van der Waals surface area contributed by atoms with Gasteiger partial charge >= 0.3 is 0 Å². The van der Waals surface area contributed by atoms with E-state index in [1.165, 1.54) is 6.42 Å². The number of hydrogen-bond donors (Lipinski definition) is 2. The van der Waals surface area contributed by atoms with Crippen LogP contribution in [0, 0.1) is 5.41 Å². The van der Waals surface area contributed by atoms with Gasteiger partial charge in [0.05, 0.1) is 12.0 Å². The molecule has 1 saturated carbocycles. The molecule has 0 heterocycles. The summed E-state index contributed by atoms with van der Waals surface area (Å²) in [5.74, 6) is 0.876. The molecule has 20 heavy (non-hydrogen) atoms. The van der Waals surface area contributed by atoms with Crippen molar-refractivity contribution >= 4 is 11.6 Å². The minimum absolute atomic E-state index is 0.0591. The van der Waals surface area contributed by atoms with Crippen molar-refractivity contribution in [2.75, 3.05) is 18.5 Å². The Morgan fingerprint density at radius 1 is 1.25 bits per heavy atom. The standard InChI is InChI=1S/C16H24N2O2/c1-2-20-14-8-6-13(7-9-14)18-15(19)16(12-17)10-4-3-5-11-16/h6-9H,2-5,10-12,17H2,1H3,(H,18,19). The molecule has 0 saturated heterocycles. The molecule has 0 radical (unpaired) electrons. The number of rotatable bonds is 5. The van der Waals surface area contributed by atoms with Crippen LogP contribution in [0.25, 0.3) is 0 Å². The van der Waals surface area contributed by atoms with Gasteiger partial charge in [-0.3, -0.25) is 4.79 Å². The number of ether oxygens (including phenoxy) is 1. The lowest BCUT2D eigenvalue weighted by atomic mass is 9.73. The van der Waals surface area contributed by atoms with Crippen LogP contribution < -0.4 is 15.8 Å². The average molecular weight is 276 g/mol. The van der Waals surface area contributed by atoms with E-state index in [-0.39, 0.29) is 11.3 Å². The minimum atomic E-state index is -0.378. The molecule has 0 unspecified atom stereocenters. The second-order valence-corrected chi connectivity index (χ2v) is 5.46. The maximum atomic E-state index is 12.5. The van der Waals surface area contributed by atoms with E-state index in [0.717, 1.165) is 37.1 Å². The number of benzene rings is 1. The van der Waals surface area contributed by atoms with Crippen LogP contribution in [0.5, 0.6) is 5.75 Å². The van der Waals surface area contributed by atoms with E-state index in [9.17, 15) is 4.79 Å². The average Bonchev–Trinajstić information content (AvgIpc) is 2.50. The number of nitrogens with one attached hydrogen (secondary N) is 1. The van der Waals surface area contributed by atoms with Crippen LogP contribution in [0.4, 0.5) is 5.69 Å². The molecule has 1 aromatic carbocycles. The number of nitrogens with two attached hydrogens (primary N) is 1.